The van der Waals surface area contributed by atoms with Crippen LogP contribution in [0.1, 0.15) is 39.0 Å². The molecule has 1 N–H and O–H groups in total. The second-order valence-corrected chi connectivity index (χ2v) is 5.65. The highest BCUT2D eigenvalue weighted by Crippen LogP contribution is 2.32. The number of carbonyl (C=O) groups is 2. The number of hydrogen-bond donors (Lipinski definition) is 1. The van der Waals surface area contributed by atoms with Crippen LogP contribution in [0, 0.1) is 11.8 Å². The van der Waals surface area contributed by atoms with Crippen LogP contribution >= 0.6 is 0 Å². The van der Waals surface area contributed by atoms with E-state index in [-0.39, 0.29) is 23.5 Å². The quantitative estimate of drug-likeness (QED) is 0.780. The number of hydrogen-bond acceptors (Lipinski definition) is 3. The standard InChI is InChI=1S/C14H26N2O2/c1-11(17)10-12-6-4-5-7-13(12)14(18)15-8-9-16(2)3/h12-13H,4-10H2,1-3H3,(H,15,18). The van der Waals surface area contributed by atoms with Crippen LogP contribution in [0.5, 0.6) is 0 Å². The molecule has 0 radical (unpaired) electrons. The highest BCUT2D eigenvalue weighted by atomic mass is 16.2. The topological polar surface area (TPSA) is 49.4 Å². The van der Waals surface area contributed by atoms with Gasteiger partial charge < -0.3 is 15.0 Å². The summed E-state index contributed by atoms with van der Waals surface area (Å²) in [5.74, 6) is 0.649. The van der Waals surface area contributed by atoms with Crippen molar-refractivity contribution in [1.82, 2.24) is 10.2 Å². The maximum atomic E-state index is 12.1. The van der Waals surface area contributed by atoms with Crippen LogP contribution in [0.4, 0.5) is 0 Å². The predicted molar refractivity (Wildman–Crippen MR) is 72.3 cm³/mol. The molecule has 1 aliphatic carbocycles. The summed E-state index contributed by atoms with van der Waals surface area (Å²) in [6, 6.07) is 0. The first-order chi connectivity index (χ1) is 8.50. The number of carbonyl (C=O) groups excluding carboxylic acids is 2. The van der Waals surface area contributed by atoms with E-state index in [1.165, 1.54) is 0 Å². The van der Waals surface area contributed by atoms with Gasteiger partial charge in [-0.2, -0.15) is 0 Å². The Kier molecular flexibility index (Phi) is 6.33. The van der Waals surface area contributed by atoms with E-state index in [1.54, 1.807) is 6.92 Å². The number of Topliss-reactive ketones (excluding diaryl/α,β-unsaturated/α-hetero) is 1. The third-order valence-electron chi connectivity index (χ3n) is 3.65. The van der Waals surface area contributed by atoms with Gasteiger partial charge in [0.05, 0.1) is 0 Å². The maximum absolute atomic E-state index is 12.1. The first kappa shape index (κ1) is 15.2. The summed E-state index contributed by atoms with van der Waals surface area (Å²) >= 11 is 0. The maximum Gasteiger partial charge on any atom is 0.223 e. The van der Waals surface area contributed by atoms with E-state index in [0.717, 1.165) is 32.2 Å². The fourth-order valence-corrected chi connectivity index (χ4v) is 2.70. The summed E-state index contributed by atoms with van der Waals surface area (Å²) in [6.07, 6.45) is 4.78. The Hall–Kier alpha value is -0.900. The first-order valence-corrected chi connectivity index (χ1v) is 6.92. The summed E-state index contributed by atoms with van der Waals surface area (Å²) in [4.78, 5) is 25.4. The van der Waals surface area contributed by atoms with Gasteiger partial charge in [0.2, 0.25) is 5.91 Å². The Balaban J connectivity index is 2.44. The molecule has 0 bridgehead atoms. The summed E-state index contributed by atoms with van der Waals surface area (Å²) < 4.78 is 0. The number of amides is 1. The van der Waals surface area contributed by atoms with Gasteiger partial charge in [-0.1, -0.05) is 12.8 Å². The number of ketones is 1. The fraction of sp³-hybridized carbons (Fsp3) is 0.857. The van der Waals surface area contributed by atoms with Crippen molar-refractivity contribution in [2.24, 2.45) is 11.8 Å². The SMILES string of the molecule is CC(=O)CC1CCCCC1C(=O)NCCN(C)C. The first-order valence-electron chi connectivity index (χ1n) is 6.92. The minimum absolute atomic E-state index is 0.0461. The summed E-state index contributed by atoms with van der Waals surface area (Å²) in [7, 11) is 3.98. The van der Waals surface area contributed by atoms with E-state index in [2.05, 4.69) is 5.32 Å². The molecule has 104 valence electrons. The Bertz CT molecular complexity index is 290. The van der Waals surface area contributed by atoms with Gasteiger partial charge in [0.25, 0.3) is 0 Å². The molecule has 0 heterocycles. The normalized spacial score (nSPS) is 24.0. The van der Waals surface area contributed by atoms with Gasteiger partial charge in [-0.15, -0.1) is 0 Å². The van der Waals surface area contributed by atoms with Crippen LogP contribution < -0.4 is 5.32 Å². The van der Waals surface area contributed by atoms with E-state index >= 15 is 0 Å². The molecule has 0 aromatic rings. The molecular weight excluding hydrogens is 228 g/mol. The van der Waals surface area contributed by atoms with Crippen LogP contribution in [0.15, 0.2) is 0 Å². The zero-order valence-electron chi connectivity index (χ0n) is 11.9. The highest BCUT2D eigenvalue weighted by Gasteiger charge is 2.31. The summed E-state index contributed by atoms with van der Waals surface area (Å²) in [6.45, 7) is 3.17. The Morgan fingerprint density at radius 1 is 1.22 bits per heavy atom. The smallest absolute Gasteiger partial charge is 0.223 e. The molecule has 0 aromatic carbocycles. The molecule has 4 heteroatoms. The van der Waals surface area contributed by atoms with E-state index < -0.39 is 0 Å². The number of rotatable bonds is 6. The average molecular weight is 254 g/mol. The zero-order chi connectivity index (χ0) is 13.5. The highest BCUT2D eigenvalue weighted by molar-refractivity contribution is 5.81. The molecule has 2 unspecified atom stereocenters. The average Bonchev–Trinajstić information content (AvgIpc) is 2.28. The van der Waals surface area contributed by atoms with Crippen molar-refractivity contribution in [3.05, 3.63) is 0 Å². The van der Waals surface area contributed by atoms with Gasteiger partial charge in [0, 0.05) is 25.4 Å². The van der Waals surface area contributed by atoms with Gasteiger partial charge in [0.15, 0.2) is 0 Å². The van der Waals surface area contributed by atoms with Gasteiger partial charge in [0.1, 0.15) is 5.78 Å². The molecule has 18 heavy (non-hydrogen) atoms. The third kappa shape index (κ3) is 5.17. The number of nitrogens with zero attached hydrogens (tertiary/aromatic N) is 1. The van der Waals surface area contributed by atoms with Crippen LogP contribution in [0.25, 0.3) is 0 Å². The molecule has 0 saturated heterocycles. The minimum atomic E-state index is 0.0461. The predicted octanol–water partition coefficient (Wildman–Crippen LogP) is 1.45. The summed E-state index contributed by atoms with van der Waals surface area (Å²) in [5, 5.41) is 3.00. The molecule has 4 nitrogen and oxygen atoms in total. The van der Waals surface area contributed by atoms with Gasteiger partial charge >= 0.3 is 0 Å². The van der Waals surface area contributed by atoms with Crippen molar-refractivity contribution < 1.29 is 9.59 Å². The molecule has 2 atom stereocenters. The molecule has 1 rings (SSSR count). The van der Waals surface area contributed by atoms with Crippen molar-refractivity contribution in [2.45, 2.75) is 39.0 Å². The molecule has 1 fully saturated rings. The van der Waals surface area contributed by atoms with Gasteiger partial charge in [-0.25, -0.2) is 0 Å². The van der Waals surface area contributed by atoms with Crippen molar-refractivity contribution >= 4 is 11.7 Å². The van der Waals surface area contributed by atoms with Crippen LogP contribution in [-0.4, -0.2) is 43.8 Å². The lowest BCUT2D eigenvalue weighted by Gasteiger charge is -2.30. The Morgan fingerprint density at radius 2 is 1.89 bits per heavy atom. The number of nitrogens with one attached hydrogen (secondary N) is 1. The van der Waals surface area contributed by atoms with Crippen LogP contribution in [0.3, 0.4) is 0 Å². The molecule has 0 spiro atoms. The van der Waals surface area contributed by atoms with Gasteiger partial charge in [-0.05, 0) is 39.8 Å². The molecule has 0 aliphatic heterocycles. The third-order valence-corrected chi connectivity index (χ3v) is 3.65. The summed E-state index contributed by atoms with van der Waals surface area (Å²) in [5.41, 5.74) is 0. The van der Waals surface area contributed by atoms with Crippen LogP contribution in [-0.2, 0) is 9.59 Å². The molecule has 0 aromatic heterocycles. The monoisotopic (exact) mass is 254 g/mol. The minimum Gasteiger partial charge on any atom is -0.355 e. The number of likely N-dealkylation sites (N-methyl/N-ethyl adjacent to an activating group) is 1. The van der Waals surface area contributed by atoms with Crippen molar-refractivity contribution in [2.75, 3.05) is 27.2 Å². The second-order valence-electron chi connectivity index (χ2n) is 5.65. The van der Waals surface area contributed by atoms with E-state index in [9.17, 15) is 9.59 Å². The molecular formula is C14H26N2O2. The van der Waals surface area contributed by atoms with Gasteiger partial charge in [-0.3, -0.25) is 4.79 Å². The Morgan fingerprint density at radius 3 is 2.50 bits per heavy atom. The lowest BCUT2D eigenvalue weighted by atomic mass is 9.76. The Labute approximate surface area is 110 Å². The lowest BCUT2D eigenvalue weighted by Crippen LogP contribution is -2.40. The fourth-order valence-electron chi connectivity index (χ4n) is 2.70. The van der Waals surface area contributed by atoms with Crippen molar-refractivity contribution in [3.8, 4) is 0 Å². The largest absolute Gasteiger partial charge is 0.355 e. The van der Waals surface area contributed by atoms with E-state index in [0.29, 0.717) is 13.0 Å². The molecule has 1 aliphatic rings. The second kappa shape index (κ2) is 7.52. The molecule has 1 amide bonds. The van der Waals surface area contributed by atoms with Crippen LogP contribution in [0.2, 0.25) is 0 Å². The van der Waals surface area contributed by atoms with Crippen molar-refractivity contribution in [3.63, 3.8) is 0 Å². The van der Waals surface area contributed by atoms with E-state index in [1.807, 2.05) is 19.0 Å². The van der Waals surface area contributed by atoms with E-state index in [4.69, 9.17) is 0 Å². The van der Waals surface area contributed by atoms with Crippen molar-refractivity contribution in [1.29, 1.82) is 0 Å². The lowest BCUT2D eigenvalue weighted by molar-refractivity contribution is -0.128. The molecule has 1 saturated carbocycles. The zero-order valence-corrected chi connectivity index (χ0v) is 11.9.